The first kappa shape index (κ1) is 14.8. The summed E-state index contributed by atoms with van der Waals surface area (Å²) in [4.78, 5) is 11.8. The fourth-order valence-corrected chi connectivity index (χ4v) is 2.31. The summed E-state index contributed by atoms with van der Waals surface area (Å²) in [7, 11) is 0. The van der Waals surface area contributed by atoms with E-state index in [-0.39, 0.29) is 6.10 Å². The Bertz CT molecular complexity index is 394. The summed E-state index contributed by atoms with van der Waals surface area (Å²) in [5.41, 5.74) is -0.0866. The number of hydrogen-bond acceptors (Lipinski definition) is 5. The van der Waals surface area contributed by atoms with Crippen molar-refractivity contribution < 1.29 is 23.7 Å². The predicted molar refractivity (Wildman–Crippen MR) is 68.7 cm³/mol. The number of hydrogen-bond donors (Lipinski definition) is 0. The molecule has 0 amide bonds. The van der Waals surface area contributed by atoms with E-state index in [0.29, 0.717) is 24.7 Å². The normalized spacial score (nSPS) is 36.6. The molecule has 0 radical (unpaired) electrons. The molecule has 19 heavy (non-hydrogen) atoms. The van der Waals surface area contributed by atoms with Gasteiger partial charge in [-0.05, 0) is 6.92 Å². The molecule has 1 spiro atoms. The van der Waals surface area contributed by atoms with Crippen LogP contribution < -0.4 is 0 Å². The van der Waals surface area contributed by atoms with Crippen molar-refractivity contribution in [2.45, 2.75) is 39.0 Å². The lowest BCUT2D eigenvalue weighted by Gasteiger charge is -2.32. The van der Waals surface area contributed by atoms with Gasteiger partial charge in [-0.3, -0.25) is 0 Å². The molecule has 0 bridgehead atoms. The van der Waals surface area contributed by atoms with Gasteiger partial charge in [0.2, 0.25) is 0 Å². The largest absolute Gasteiger partial charge is 0.450 e. The molecule has 2 rings (SSSR count). The molecule has 0 aromatic rings. The van der Waals surface area contributed by atoms with Gasteiger partial charge in [0.15, 0.2) is 6.10 Å². The number of alkyl halides is 1. The van der Waals surface area contributed by atoms with Gasteiger partial charge in [0.05, 0.1) is 19.1 Å². The Balaban J connectivity index is 2.19. The van der Waals surface area contributed by atoms with E-state index in [2.05, 4.69) is 6.58 Å². The van der Waals surface area contributed by atoms with Crippen LogP contribution in [0.2, 0.25) is 0 Å². The Labute approximate surface area is 117 Å². The SMILES string of the molecule is C=C(C)C(=O)OC1C(C)(C)COC12OCC(CCl)O2. The highest BCUT2D eigenvalue weighted by Crippen LogP contribution is 2.46. The van der Waals surface area contributed by atoms with Crippen molar-refractivity contribution in [2.24, 2.45) is 5.41 Å². The van der Waals surface area contributed by atoms with Crippen molar-refractivity contribution in [3.8, 4) is 0 Å². The Morgan fingerprint density at radius 2 is 2.16 bits per heavy atom. The zero-order valence-corrected chi connectivity index (χ0v) is 12.2. The van der Waals surface area contributed by atoms with E-state index in [9.17, 15) is 4.79 Å². The molecule has 0 aliphatic carbocycles. The van der Waals surface area contributed by atoms with Gasteiger partial charge < -0.3 is 18.9 Å². The summed E-state index contributed by atoms with van der Waals surface area (Å²) in [5.74, 6) is -1.52. The second-order valence-corrected chi connectivity index (χ2v) is 5.96. The third-order valence-electron chi connectivity index (χ3n) is 3.22. The smallest absolute Gasteiger partial charge is 0.333 e. The van der Waals surface area contributed by atoms with Gasteiger partial charge in [-0.2, -0.15) is 0 Å². The molecule has 3 atom stereocenters. The molecule has 5 nitrogen and oxygen atoms in total. The van der Waals surface area contributed by atoms with E-state index in [0.717, 1.165) is 0 Å². The number of ether oxygens (including phenoxy) is 4. The van der Waals surface area contributed by atoms with Crippen LogP contribution in [0.5, 0.6) is 0 Å². The van der Waals surface area contributed by atoms with Gasteiger partial charge in [0, 0.05) is 11.0 Å². The highest BCUT2D eigenvalue weighted by atomic mass is 35.5. The lowest BCUT2D eigenvalue weighted by Crippen LogP contribution is -2.48. The van der Waals surface area contributed by atoms with Crippen molar-refractivity contribution in [3.63, 3.8) is 0 Å². The van der Waals surface area contributed by atoms with Crippen LogP contribution in [0.4, 0.5) is 0 Å². The third-order valence-corrected chi connectivity index (χ3v) is 3.57. The topological polar surface area (TPSA) is 54.0 Å². The van der Waals surface area contributed by atoms with Crippen molar-refractivity contribution in [1.82, 2.24) is 0 Å². The highest BCUT2D eigenvalue weighted by Gasteiger charge is 2.62. The molecular weight excluding hydrogens is 272 g/mol. The van der Waals surface area contributed by atoms with Crippen LogP contribution in [0.3, 0.4) is 0 Å². The molecule has 6 heteroatoms. The van der Waals surface area contributed by atoms with Crippen LogP contribution in [0.1, 0.15) is 20.8 Å². The monoisotopic (exact) mass is 290 g/mol. The number of carbonyl (C=O) groups excluding carboxylic acids is 1. The number of esters is 1. The van der Waals surface area contributed by atoms with Crippen LogP contribution in [0, 0.1) is 5.41 Å². The molecule has 2 fully saturated rings. The first-order chi connectivity index (χ1) is 8.81. The molecule has 3 unspecified atom stereocenters. The summed E-state index contributed by atoms with van der Waals surface area (Å²) in [6, 6.07) is 0. The van der Waals surface area contributed by atoms with Gasteiger partial charge in [-0.1, -0.05) is 20.4 Å². The van der Waals surface area contributed by atoms with E-state index < -0.39 is 23.5 Å². The second-order valence-electron chi connectivity index (χ2n) is 5.65. The molecular formula is C13H19ClO5. The number of rotatable bonds is 3. The summed E-state index contributed by atoms with van der Waals surface area (Å²) in [5, 5.41) is 0. The van der Waals surface area contributed by atoms with E-state index >= 15 is 0 Å². The minimum atomic E-state index is -1.34. The third kappa shape index (κ3) is 2.65. The first-order valence-electron chi connectivity index (χ1n) is 6.19. The summed E-state index contributed by atoms with van der Waals surface area (Å²) in [6.45, 7) is 9.72. The average molecular weight is 291 g/mol. The van der Waals surface area contributed by atoms with Crippen LogP contribution in [-0.2, 0) is 23.7 Å². The van der Waals surface area contributed by atoms with E-state index in [1.165, 1.54) is 0 Å². The van der Waals surface area contributed by atoms with Gasteiger partial charge in [-0.15, -0.1) is 11.6 Å². The van der Waals surface area contributed by atoms with Crippen molar-refractivity contribution >= 4 is 17.6 Å². The van der Waals surface area contributed by atoms with E-state index in [1.54, 1.807) is 6.92 Å². The fourth-order valence-electron chi connectivity index (χ4n) is 2.15. The van der Waals surface area contributed by atoms with Crippen LogP contribution in [0.25, 0.3) is 0 Å². The zero-order chi connectivity index (χ0) is 14.3. The molecule has 0 aromatic heterocycles. The Morgan fingerprint density at radius 3 is 2.68 bits per heavy atom. The second kappa shape index (κ2) is 5.05. The van der Waals surface area contributed by atoms with Gasteiger partial charge in [0.25, 0.3) is 0 Å². The lowest BCUT2D eigenvalue weighted by molar-refractivity contribution is -0.345. The van der Waals surface area contributed by atoms with Gasteiger partial charge in [0.1, 0.15) is 6.10 Å². The molecule has 2 heterocycles. The van der Waals surface area contributed by atoms with Gasteiger partial charge in [-0.25, -0.2) is 4.79 Å². The van der Waals surface area contributed by atoms with E-state index in [4.69, 9.17) is 30.5 Å². The number of carbonyl (C=O) groups is 1. The quantitative estimate of drug-likeness (QED) is 0.451. The molecule has 0 saturated carbocycles. The number of halogens is 1. The zero-order valence-electron chi connectivity index (χ0n) is 11.4. The molecule has 0 N–H and O–H groups in total. The van der Waals surface area contributed by atoms with Crippen LogP contribution in [0.15, 0.2) is 12.2 Å². The summed E-state index contributed by atoms with van der Waals surface area (Å²) in [6.07, 6.45) is -0.918. The minimum absolute atomic E-state index is 0.262. The predicted octanol–water partition coefficient (Wildman–Crippen LogP) is 1.84. The molecule has 2 aliphatic heterocycles. The average Bonchev–Trinajstić information content (AvgIpc) is 2.86. The Morgan fingerprint density at radius 1 is 1.47 bits per heavy atom. The maximum absolute atomic E-state index is 11.8. The van der Waals surface area contributed by atoms with Crippen molar-refractivity contribution in [2.75, 3.05) is 19.1 Å². The lowest BCUT2D eigenvalue weighted by atomic mass is 9.88. The maximum atomic E-state index is 11.8. The summed E-state index contributed by atoms with van der Waals surface area (Å²) < 4.78 is 22.4. The first-order valence-corrected chi connectivity index (χ1v) is 6.72. The molecule has 0 aromatic carbocycles. The minimum Gasteiger partial charge on any atom is -0.450 e. The Hall–Kier alpha value is -0.620. The van der Waals surface area contributed by atoms with Crippen molar-refractivity contribution in [1.29, 1.82) is 0 Å². The molecule has 108 valence electrons. The van der Waals surface area contributed by atoms with Crippen LogP contribution in [-0.4, -0.2) is 43.2 Å². The molecule has 2 saturated heterocycles. The Kier molecular flexibility index (Phi) is 3.93. The maximum Gasteiger partial charge on any atom is 0.333 e. The van der Waals surface area contributed by atoms with Gasteiger partial charge >= 0.3 is 11.9 Å². The van der Waals surface area contributed by atoms with E-state index in [1.807, 2.05) is 13.8 Å². The molecule has 2 aliphatic rings. The van der Waals surface area contributed by atoms with Crippen molar-refractivity contribution in [3.05, 3.63) is 12.2 Å². The standard InChI is InChI=1S/C13H19ClO5/c1-8(2)10(15)18-11-12(3,4)7-17-13(11)16-6-9(5-14)19-13/h9,11H,1,5-7H2,2-4H3. The fraction of sp³-hybridized carbons (Fsp3) is 0.769. The highest BCUT2D eigenvalue weighted by molar-refractivity contribution is 6.18. The van der Waals surface area contributed by atoms with Crippen LogP contribution >= 0.6 is 11.6 Å². The summed E-state index contributed by atoms with van der Waals surface area (Å²) >= 11 is 5.76.